The fourth-order valence-electron chi connectivity index (χ4n) is 4.55. The van der Waals surface area contributed by atoms with Crippen molar-refractivity contribution >= 4 is 23.4 Å². The molecule has 112 valence electrons. The lowest BCUT2D eigenvalue weighted by Crippen LogP contribution is -2.34. The zero-order valence-corrected chi connectivity index (χ0v) is 13.3. The van der Waals surface area contributed by atoms with Gasteiger partial charge in [0, 0.05) is 17.9 Å². The molecule has 2 bridgehead atoms. The number of hydrogen-bond acceptors (Lipinski definition) is 2. The van der Waals surface area contributed by atoms with Crippen LogP contribution in [-0.4, -0.2) is 18.2 Å². The molecule has 4 rings (SSSR count). The molecule has 3 heteroatoms. The summed E-state index contributed by atoms with van der Waals surface area (Å²) in [5, 5.41) is 0. The predicted molar refractivity (Wildman–Crippen MR) is 87.7 cm³/mol. The molecule has 1 heterocycles. The number of amides is 1. The summed E-state index contributed by atoms with van der Waals surface area (Å²) in [5.41, 5.74) is 1.15. The number of benzene rings is 1. The van der Waals surface area contributed by atoms with Crippen LogP contribution in [0.4, 0.5) is 5.69 Å². The SMILES string of the molecule is O=C(C[C@@H]1C[C@H]2CC[C@H]1C2)N1CCCSc2ccccc21. The highest BCUT2D eigenvalue weighted by molar-refractivity contribution is 7.99. The van der Waals surface area contributed by atoms with Crippen LogP contribution in [0.25, 0.3) is 0 Å². The monoisotopic (exact) mass is 301 g/mol. The Morgan fingerprint density at radius 3 is 2.95 bits per heavy atom. The van der Waals surface area contributed by atoms with Crippen molar-refractivity contribution in [2.75, 3.05) is 17.2 Å². The zero-order valence-electron chi connectivity index (χ0n) is 12.5. The molecule has 0 N–H and O–H groups in total. The number of carbonyl (C=O) groups excluding carboxylic acids is 1. The number of rotatable bonds is 2. The third-order valence-electron chi connectivity index (χ3n) is 5.56. The fourth-order valence-corrected chi connectivity index (χ4v) is 5.54. The van der Waals surface area contributed by atoms with Gasteiger partial charge in [-0.25, -0.2) is 0 Å². The molecular weight excluding hydrogens is 278 g/mol. The second-order valence-electron chi connectivity index (χ2n) is 6.85. The molecule has 2 nitrogen and oxygen atoms in total. The van der Waals surface area contributed by atoms with E-state index in [0.29, 0.717) is 11.8 Å². The quantitative estimate of drug-likeness (QED) is 0.810. The molecule has 1 amide bonds. The summed E-state index contributed by atoms with van der Waals surface area (Å²) in [5.74, 6) is 3.92. The lowest BCUT2D eigenvalue weighted by Gasteiger charge is -2.27. The van der Waals surface area contributed by atoms with Crippen molar-refractivity contribution in [1.82, 2.24) is 0 Å². The Kier molecular flexibility index (Phi) is 3.70. The number of nitrogens with zero attached hydrogens (tertiary/aromatic N) is 1. The number of carbonyl (C=O) groups is 1. The molecule has 3 aliphatic rings. The summed E-state index contributed by atoms with van der Waals surface area (Å²) in [4.78, 5) is 16.2. The summed E-state index contributed by atoms with van der Waals surface area (Å²) in [7, 11) is 0. The van der Waals surface area contributed by atoms with Gasteiger partial charge in [0.05, 0.1) is 5.69 Å². The number of para-hydroxylation sites is 1. The Morgan fingerprint density at radius 2 is 2.14 bits per heavy atom. The minimum atomic E-state index is 0.363. The maximum atomic E-state index is 12.9. The van der Waals surface area contributed by atoms with Crippen LogP contribution in [0.3, 0.4) is 0 Å². The second kappa shape index (κ2) is 5.68. The van der Waals surface area contributed by atoms with Crippen LogP contribution in [-0.2, 0) is 4.79 Å². The van der Waals surface area contributed by atoms with Gasteiger partial charge in [-0.05, 0) is 61.3 Å². The maximum Gasteiger partial charge on any atom is 0.227 e. The molecule has 0 saturated heterocycles. The minimum absolute atomic E-state index is 0.363. The molecular formula is C18H23NOS. The first kappa shape index (κ1) is 13.7. The molecule has 1 aromatic rings. The Balaban J connectivity index is 1.51. The molecule has 1 aliphatic heterocycles. The fraction of sp³-hybridized carbons (Fsp3) is 0.611. The van der Waals surface area contributed by atoms with Crippen LogP contribution >= 0.6 is 11.8 Å². The van der Waals surface area contributed by atoms with Gasteiger partial charge in [-0.3, -0.25) is 4.79 Å². The second-order valence-corrected chi connectivity index (χ2v) is 7.99. The Hall–Kier alpha value is -0.960. The van der Waals surface area contributed by atoms with E-state index < -0.39 is 0 Å². The number of thioether (sulfide) groups is 1. The molecule has 2 saturated carbocycles. The minimum Gasteiger partial charge on any atom is -0.311 e. The highest BCUT2D eigenvalue weighted by atomic mass is 32.2. The topological polar surface area (TPSA) is 20.3 Å². The van der Waals surface area contributed by atoms with Crippen LogP contribution in [0.2, 0.25) is 0 Å². The molecule has 1 aromatic carbocycles. The Morgan fingerprint density at radius 1 is 1.24 bits per heavy atom. The summed E-state index contributed by atoms with van der Waals surface area (Å²) in [6.07, 6.45) is 7.36. The summed E-state index contributed by atoms with van der Waals surface area (Å²) in [6, 6.07) is 8.41. The van der Waals surface area contributed by atoms with Gasteiger partial charge in [0.1, 0.15) is 0 Å². The largest absolute Gasteiger partial charge is 0.311 e. The van der Waals surface area contributed by atoms with Gasteiger partial charge in [-0.1, -0.05) is 18.6 Å². The van der Waals surface area contributed by atoms with E-state index in [1.807, 2.05) is 11.8 Å². The van der Waals surface area contributed by atoms with Crippen molar-refractivity contribution in [1.29, 1.82) is 0 Å². The number of anilines is 1. The third-order valence-corrected chi connectivity index (χ3v) is 6.71. The molecule has 3 atom stereocenters. The average molecular weight is 301 g/mol. The first-order chi connectivity index (χ1) is 10.3. The predicted octanol–water partition coefficient (Wildman–Crippen LogP) is 4.34. The normalized spacial score (nSPS) is 31.0. The molecule has 2 aliphatic carbocycles. The van der Waals surface area contributed by atoms with Crippen LogP contribution in [0.1, 0.15) is 38.5 Å². The van der Waals surface area contributed by atoms with Crippen molar-refractivity contribution in [3.05, 3.63) is 24.3 Å². The van der Waals surface area contributed by atoms with Crippen molar-refractivity contribution in [3.63, 3.8) is 0 Å². The Labute approximate surface area is 131 Å². The van der Waals surface area contributed by atoms with Crippen molar-refractivity contribution in [2.24, 2.45) is 17.8 Å². The molecule has 0 aromatic heterocycles. The van der Waals surface area contributed by atoms with Crippen LogP contribution in [0.5, 0.6) is 0 Å². The van der Waals surface area contributed by atoms with Crippen LogP contribution < -0.4 is 4.90 Å². The highest BCUT2D eigenvalue weighted by Gasteiger charge is 2.40. The Bertz CT molecular complexity index is 544. The van der Waals surface area contributed by atoms with Gasteiger partial charge in [0.25, 0.3) is 0 Å². The summed E-state index contributed by atoms with van der Waals surface area (Å²) in [6.45, 7) is 0.893. The first-order valence-electron chi connectivity index (χ1n) is 8.33. The van der Waals surface area contributed by atoms with E-state index >= 15 is 0 Å². The first-order valence-corrected chi connectivity index (χ1v) is 9.32. The molecule has 21 heavy (non-hydrogen) atoms. The molecule has 0 radical (unpaired) electrons. The van der Waals surface area contributed by atoms with Crippen molar-refractivity contribution in [3.8, 4) is 0 Å². The molecule has 2 fully saturated rings. The van der Waals surface area contributed by atoms with Crippen molar-refractivity contribution in [2.45, 2.75) is 43.4 Å². The van der Waals surface area contributed by atoms with E-state index in [2.05, 4.69) is 29.2 Å². The van der Waals surface area contributed by atoms with Crippen LogP contribution in [0, 0.1) is 17.8 Å². The van der Waals surface area contributed by atoms with Gasteiger partial charge >= 0.3 is 0 Å². The lowest BCUT2D eigenvalue weighted by atomic mass is 9.86. The van der Waals surface area contributed by atoms with E-state index in [4.69, 9.17) is 0 Å². The molecule has 0 unspecified atom stereocenters. The standard InChI is InChI=1S/C18H23NOS/c20-18(12-15-11-13-6-7-14(15)10-13)19-8-3-9-21-17-5-2-1-4-16(17)19/h1-2,4-5,13-15H,3,6-12H2/t13-,14-,15-/m0/s1. The van der Waals surface area contributed by atoms with Gasteiger partial charge in [-0.15, -0.1) is 11.8 Å². The van der Waals surface area contributed by atoms with Crippen molar-refractivity contribution < 1.29 is 4.79 Å². The van der Waals surface area contributed by atoms with E-state index in [-0.39, 0.29) is 0 Å². The van der Waals surface area contributed by atoms with Gasteiger partial charge < -0.3 is 4.90 Å². The maximum absolute atomic E-state index is 12.9. The van der Waals surface area contributed by atoms with Gasteiger partial charge in [-0.2, -0.15) is 0 Å². The summed E-state index contributed by atoms with van der Waals surface area (Å²) < 4.78 is 0. The van der Waals surface area contributed by atoms with E-state index in [1.165, 1.54) is 30.6 Å². The van der Waals surface area contributed by atoms with E-state index in [9.17, 15) is 4.79 Å². The van der Waals surface area contributed by atoms with Gasteiger partial charge in [0.15, 0.2) is 0 Å². The van der Waals surface area contributed by atoms with E-state index in [1.54, 1.807) is 0 Å². The van der Waals surface area contributed by atoms with Crippen LogP contribution in [0.15, 0.2) is 29.2 Å². The number of fused-ring (bicyclic) bond motifs is 3. The molecule has 0 spiro atoms. The average Bonchev–Trinajstić information content (AvgIpc) is 3.04. The summed E-state index contributed by atoms with van der Waals surface area (Å²) >= 11 is 1.89. The zero-order chi connectivity index (χ0) is 14.2. The lowest BCUT2D eigenvalue weighted by molar-refractivity contribution is -0.119. The number of hydrogen-bond donors (Lipinski definition) is 0. The smallest absolute Gasteiger partial charge is 0.227 e. The third kappa shape index (κ3) is 2.61. The van der Waals surface area contributed by atoms with E-state index in [0.717, 1.165) is 42.7 Å². The highest BCUT2D eigenvalue weighted by Crippen LogP contribution is 2.49. The van der Waals surface area contributed by atoms with Gasteiger partial charge in [0.2, 0.25) is 5.91 Å².